The predicted octanol–water partition coefficient (Wildman–Crippen LogP) is 2.53. The molecule has 2 aromatic heterocycles. The van der Waals surface area contributed by atoms with Gasteiger partial charge in [0.15, 0.2) is 11.6 Å². The van der Waals surface area contributed by atoms with Crippen LogP contribution >= 0.6 is 11.6 Å². The highest BCUT2D eigenvalue weighted by Gasteiger charge is 2.09. The lowest BCUT2D eigenvalue weighted by atomic mass is 10.2. The number of anilines is 2. The van der Waals surface area contributed by atoms with E-state index in [9.17, 15) is 0 Å². The Morgan fingerprint density at radius 3 is 2.79 bits per heavy atom. The topological polar surface area (TPSA) is 90.9 Å². The average Bonchev–Trinajstić information content (AvgIpc) is 3.12. The van der Waals surface area contributed by atoms with E-state index in [4.69, 9.17) is 22.1 Å². The first kappa shape index (κ1) is 16.2. The second-order valence-corrected chi connectivity index (χ2v) is 5.45. The molecule has 0 saturated heterocycles. The van der Waals surface area contributed by atoms with E-state index in [1.807, 2.05) is 24.3 Å². The number of ether oxygens (including phenoxy) is 1. The van der Waals surface area contributed by atoms with Crippen LogP contribution in [0.4, 0.5) is 11.5 Å². The largest absolute Gasteiger partial charge is 0.393 e. The third-order valence-corrected chi connectivity index (χ3v) is 3.56. The van der Waals surface area contributed by atoms with Gasteiger partial charge in [0, 0.05) is 24.0 Å². The first-order chi connectivity index (χ1) is 11.7. The minimum absolute atomic E-state index is 0.443. The number of nitrogen functional groups attached to an aromatic ring is 1. The highest BCUT2D eigenvalue weighted by Crippen LogP contribution is 2.20. The molecule has 2 heterocycles. The van der Waals surface area contributed by atoms with Crippen LogP contribution in [0.5, 0.6) is 0 Å². The summed E-state index contributed by atoms with van der Waals surface area (Å²) in [6.07, 6.45) is 4.89. The lowest BCUT2D eigenvalue weighted by Crippen LogP contribution is -2.14. The van der Waals surface area contributed by atoms with E-state index in [2.05, 4.69) is 20.4 Å². The van der Waals surface area contributed by atoms with Crippen LogP contribution in [0.2, 0.25) is 5.02 Å². The summed E-state index contributed by atoms with van der Waals surface area (Å²) in [6.45, 7) is 1.62. The molecule has 0 fully saturated rings. The standard InChI is InChI=1S/C16H17ClN6O/c17-13-4-2-12(3-5-13)10-24-9-7-19-15-14(18)16(21-11-20-15)23-8-1-6-22-23/h1-6,8,11H,7,9-10,18H2,(H,19,20,21). The molecule has 0 amide bonds. The fraction of sp³-hybridized carbons (Fsp3) is 0.188. The van der Waals surface area contributed by atoms with Gasteiger partial charge in [-0.05, 0) is 23.8 Å². The Hall–Kier alpha value is -2.64. The number of halogens is 1. The van der Waals surface area contributed by atoms with Gasteiger partial charge in [0.25, 0.3) is 0 Å². The molecular formula is C16H17ClN6O. The van der Waals surface area contributed by atoms with E-state index in [0.29, 0.717) is 42.1 Å². The van der Waals surface area contributed by atoms with Crippen molar-refractivity contribution in [2.75, 3.05) is 24.2 Å². The van der Waals surface area contributed by atoms with Gasteiger partial charge in [-0.3, -0.25) is 0 Å². The monoisotopic (exact) mass is 344 g/mol. The van der Waals surface area contributed by atoms with Crippen molar-refractivity contribution < 1.29 is 4.74 Å². The van der Waals surface area contributed by atoms with Crippen LogP contribution in [-0.2, 0) is 11.3 Å². The number of hydrogen-bond acceptors (Lipinski definition) is 6. The molecule has 0 radical (unpaired) electrons. The van der Waals surface area contributed by atoms with Gasteiger partial charge in [0.05, 0.1) is 13.2 Å². The SMILES string of the molecule is Nc1c(NCCOCc2ccc(Cl)cc2)ncnc1-n1cccn1. The van der Waals surface area contributed by atoms with Crippen LogP contribution in [0.1, 0.15) is 5.56 Å². The quantitative estimate of drug-likeness (QED) is 0.640. The minimum Gasteiger partial charge on any atom is -0.393 e. The minimum atomic E-state index is 0.443. The van der Waals surface area contributed by atoms with Crippen molar-refractivity contribution in [3.05, 3.63) is 59.6 Å². The third-order valence-electron chi connectivity index (χ3n) is 3.31. The van der Waals surface area contributed by atoms with Crippen molar-refractivity contribution in [1.82, 2.24) is 19.7 Å². The Bertz CT molecular complexity index is 776. The molecule has 0 spiro atoms. The zero-order chi connectivity index (χ0) is 16.8. The molecule has 0 aliphatic heterocycles. The molecule has 0 atom stereocenters. The molecule has 7 nitrogen and oxygen atoms in total. The van der Waals surface area contributed by atoms with E-state index in [1.54, 1.807) is 23.1 Å². The van der Waals surface area contributed by atoms with Gasteiger partial charge in [0.1, 0.15) is 12.0 Å². The molecule has 0 unspecified atom stereocenters. The number of rotatable bonds is 7. The van der Waals surface area contributed by atoms with Gasteiger partial charge in [-0.1, -0.05) is 23.7 Å². The molecule has 3 rings (SSSR count). The van der Waals surface area contributed by atoms with Crippen molar-refractivity contribution in [2.24, 2.45) is 0 Å². The zero-order valence-electron chi connectivity index (χ0n) is 12.9. The maximum atomic E-state index is 6.09. The maximum absolute atomic E-state index is 6.09. The molecule has 0 aliphatic rings. The van der Waals surface area contributed by atoms with Crippen LogP contribution in [0.25, 0.3) is 5.82 Å². The summed E-state index contributed by atoms with van der Waals surface area (Å²) >= 11 is 5.85. The molecule has 0 saturated carbocycles. The zero-order valence-corrected chi connectivity index (χ0v) is 13.6. The normalized spacial score (nSPS) is 10.7. The Labute approximate surface area is 144 Å². The Kier molecular flexibility index (Phi) is 5.25. The third kappa shape index (κ3) is 4.01. The second-order valence-electron chi connectivity index (χ2n) is 5.02. The van der Waals surface area contributed by atoms with Crippen LogP contribution < -0.4 is 11.1 Å². The summed E-state index contributed by atoms with van der Waals surface area (Å²) in [5, 5.41) is 7.99. The van der Waals surface area contributed by atoms with Crippen LogP contribution in [0.15, 0.2) is 49.1 Å². The number of nitrogens with zero attached hydrogens (tertiary/aromatic N) is 4. The summed E-state index contributed by atoms with van der Waals surface area (Å²) in [5.41, 5.74) is 7.61. The van der Waals surface area contributed by atoms with Crippen molar-refractivity contribution in [3.8, 4) is 5.82 Å². The van der Waals surface area contributed by atoms with Gasteiger partial charge in [-0.25, -0.2) is 14.6 Å². The van der Waals surface area contributed by atoms with E-state index < -0.39 is 0 Å². The fourth-order valence-corrected chi connectivity index (χ4v) is 2.24. The van der Waals surface area contributed by atoms with Crippen molar-refractivity contribution in [2.45, 2.75) is 6.61 Å². The summed E-state index contributed by atoms with van der Waals surface area (Å²) in [6, 6.07) is 9.37. The molecule has 0 aliphatic carbocycles. The molecule has 24 heavy (non-hydrogen) atoms. The van der Waals surface area contributed by atoms with Crippen LogP contribution in [0.3, 0.4) is 0 Å². The number of benzene rings is 1. The Morgan fingerprint density at radius 2 is 2.04 bits per heavy atom. The Balaban J connectivity index is 1.50. The lowest BCUT2D eigenvalue weighted by molar-refractivity contribution is 0.130. The number of nitrogens with one attached hydrogen (secondary N) is 1. The van der Waals surface area contributed by atoms with Gasteiger partial charge < -0.3 is 15.8 Å². The number of aromatic nitrogens is 4. The summed E-state index contributed by atoms with van der Waals surface area (Å²) in [4.78, 5) is 8.31. The summed E-state index contributed by atoms with van der Waals surface area (Å²) in [5.74, 6) is 1.10. The number of hydrogen-bond donors (Lipinski definition) is 2. The molecule has 8 heteroatoms. The summed E-state index contributed by atoms with van der Waals surface area (Å²) in [7, 11) is 0. The van der Waals surface area contributed by atoms with Gasteiger partial charge >= 0.3 is 0 Å². The van der Waals surface area contributed by atoms with Gasteiger partial charge in [-0.2, -0.15) is 5.10 Å². The average molecular weight is 345 g/mol. The summed E-state index contributed by atoms with van der Waals surface area (Å²) < 4.78 is 7.21. The Morgan fingerprint density at radius 1 is 1.21 bits per heavy atom. The molecule has 0 bridgehead atoms. The van der Waals surface area contributed by atoms with Crippen molar-refractivity contribution >= 4 is 23.1 Å². The van der Waals surface area contributed by atoms with Gasteiger partial charge in [0.2, 0.25) is 0 Å². The highest BCUT2D eigenvalue weighted by molar-refractivity contribution is 6.30. The molecule has 3 N–H and O–H groups in total. The second kappa shape index (κ2) is 7.76. The molecule has 1 aromatic carbocycles. The predicted molar refractivity (Wildman–Crippen MR) is 93.2 cm³/mol. The molecule has 3 aromatic rings. The van der Waals surface area contributed by atoms with E-state index in [1.165, 1.54) is 6.33 Å². The fourth-order valence-electron chi connectivity index (χ4n) is 2.12. The number of nitrogens with two attached hydrogens (primary N) is 1. The first-order valence-corrected chi connectivity index (χ1v) is 7.78. The lowest BCUT2D eigenvalue weighted by Gasteiger charge is -2.11. The van der Waals surface area contributed by atoms with E-state index >= 15 is 0 Å². The van der Waals surface area contributed by atoms with Gasteiger partial charge in [-0.15, -0.1) is 0 Å². The first-order valence-electron chi connectivity index (χ1n) is 7.40. The van der Waals surface area contributed by atoms with Crippen molar-refractivity contribution in [3.63, 3.8) is 0 Å². The smallest absolute Gasteiger partial charge is 0.181 e. The van der Waals surface area contributed by atoms with Crippen LogP contribution in [-0.4, -0.2) is 32.9 Å². The van der Waals surface area contributed by atoms with Crippen molar-refractivity contribution in [1.29, 1.82) is 0 Å². The highest BCUT2D eigenvalue weighted by atomic mass is 35.5. The maximum Gasteiger partial charge on any atom is 0.181 e. The van der Waals surface area contributed by atoms with E-state index in [-0.39, 0.29) is 0 Å². The molecule has 124 valence electrons. The van der Waals surface area contributed by atoms with E-state index in [0.717, 1.165) is 5.56 Å². The van der Waals surface area contributed by atoms with Crippen LogP contribution in [0, 0.1) is 0 Å². The molecular weight excluding hydrogens is 328 g/mol.